The molecule has 3 saturated heterocycles. The number of furan rings is 1. The molecule has 1 unspecified atom stereocenters. The van der Waals surface area contributed by atoms with Crippen molar-refractivity contribution >= 4 is 41.2 Å². The van der Waals surface area contributed by atoms with Gasteiger partial charge in [0.15, 0.2) is 11.5 Å². The average molecular weight is 893 g/mol. The molecule has 6 heterocycles. The average Bonchev–Trinajstić information content (AvgIpc) is 3.58. The number of carbonyl (C=O) groups excluding carboxylic acids is 5. The molecule has 1 N–H and O–H groups in total. The molecule has 1 aliphatic carbocycles. The molecule has 1 atom stereocenters. The number of alkyl halides is 2. The Hall–Kier alpha value is -6.62. The van der Waals surface area contributed by atoms with E-state index in [0.717, 1.165) is 30.4 Å². The summed E-state index contributed by atoms with van der Waals surface area (Å²) in [6.07, 6.45) is 1.48. The molecule has 4 aromatic rings. The summed E-state index contributed by atoms with van der Waals surface area (Å²) in [6.45, 7) is 8.93. The first-order chi connectivity index (χ1) is 31.3. The van der Waals surface area contributed by atoms with E-state index in [2.05, 4.69) is 21.4 Å². The number of aromatic nitrogens is 1. The molecule has 17 heteroatoms. The topological polar surface area (TPSA) is 164 Å². The second-order valence-corrected chi connectivity index (χ2v) is 17.4. The second-order valence-electron chi connectivity index (χ2n) is 17.4. The van der Waals surface area contributed by atoms with Crippen molar-refractivity contribution < 1.29 is 51.4 Å². The molecule has 5 aliphatic rings. The Labute approximate surface area is 374 Å². The Morgan fingerprint density at radius 3 is 2.46 bits per heavy atom. The Morgan fingerprint density at radius 2 is 1.69 bits per heavy atom. The molecule has 4 fully saturated rings. The molecular formula is C48H50F2N6O9. The molecule has 2 aromatic carbocycles. The Balaban J connectivity index is 0.719. The van der Waals surface area contributed by atoms with Crippen LogP contribution in [0.5, 0.6) is 11.5 Å². The normalized spacial score (nSPS) is 19.9. The molecule has 0 spiro atoms. The van der Waals surface area contributed by atoms with Crippen LogP contribution in [0.1, 0.15) is 65.8 Å². The minimum absolute atomic E-state index is 0.0171. The predicted molar refractivity (Wildman–Crippen MR) is 232 cm³/mol. The number of rotatable bonds is 13. The fourth-order valence-corrected chi connectivity index (χ4v) is 9.05. The number of carbonyl (C=O) groups is 5. The summed E-state index contributed by atoms with van der Waals surface area (Å²) in [5.41, 5.74) is 2.40. The van der Waals surface area contributed by atoms with Crippen molar-refractivity contribution in [1.82, 2.24) is 19.7 Å². The van der Waals surface area contributed by atoms with Gasteiger partial charge in [-0.1, -0.05) is 30.8 Å². The number of aryl methyl sites for hydroxylation is 2. The minimum Gasteiger partial charge on any atom is -0.445 e. The zero-order valence-corrected chi connectivity index (χ0v) is 36.1. The number of pyridine rings is 1. The Kier molecular flexibility index (Phi) is 11.9. The third kappa shape index (κ3) is 9.32. The van der Waals surface area contributed by atoms with Crippen LogP contribution in [-0.4, -0.2) is 114 Å². The van der Waals surface area contributed by atoms with Crippen molar-refractivity contribution in [3.63, 3.8) is 0 Å². The van der Waals surface area contributed by atoms with E-state index in [0.29, 0.717) is 99.4 Å². The van der Waals surface area contributed by atoms with Crippen molar-refractivity contribution in [1.29, 1.82) is 0 Å². The number of piperazine rings is 1. The number of nitrogens with one attached hydrogen (secondary N) is 1. The van der Waals surface area contributed by atoms with Gasteiger partial charge in [0.1, 0.15) is 18.1 Å². The van der Waals surface area contributed by atoms with Crippen LogP contribution in [0.15, 0.2) is 83.8 Å². The third-order valence-corrected chi connectivity index (χ3v) is 13.0. The monoisotopic (exact) mass is 892 g/mol. The number of amides is 5. The number of nitrogens with zero attached hydrogens (tertiary/aromatic N) is 5. The van der Waals surface area contributed by atoms with E-state index in [1.807, 2.05) is 41.0 Å². The van der Waals surface area contributed by atoms with Crippen LogP contribution in [0, 0.1) is 12.8 Å². The largest absolute Gasteiger partial charge is 0.586 e. The van der Waals surface area contributed by atoms with Gasteiger partial charge >= 0.3 is 6.29 Å². The van der Waals surface area contributed by atoms with E-state index < -0.39 is 11.7 Å². The zero-order chi connectivity index (χ0) is 45.5. The van der Waals surface area contributed by atoms with Gasteiger partial charge in [0.05, 0.1) is 17.2 Å². The van der Waals surface area contributed by atoms with Crippen LogP contribution >= 0.6 is 0 Å². The smallest absolute Gasteiger partial charge is 0.445 e. The number of piperidine rings is 1. The van der Waals surface area contributed by atoms with Gasteiger partial charge in [-0.3, -0.25) is 28.9 Å². The van der Waals surface area contributed by atoms with Gasteiger partial charge in [-0.05, 0) is 98.5 Å². The van der Waals surface area contributed by atoms with Crippen molar-refractivity contribution in [3.8, 4) is 22.8 Å². The summed E-state index contributed by atoms with van der Waals surface area (Å²) in [5.74, 6) is 0.570. The number of benzene rings is 2. The first-order valence-corrected chi connectivity index (χ1v) is 22.1. The highest BCUT2D eigenvalue weighted by molar-refractivity contribution is 6.01. The number of hydrogen-bond donors (Lipinski definition) is 1. The Bertz CT molecular complexity index is 2530. The maximum atomic E-state index is 13.8. The molecule has 1 saturated carbocycles. The fraction of sp³-hybridized carbons (Fsp3) is 0.417. The predicted octanol–water partition coefficient (Wildman–Crippen LogP) is 6.11. The summed E-state index contributed by atoms with van der Waals surface area (Å²) in [5, 5.41) is 2.92. The number of halogens is 2. The number of likely N-dealkylation sites (tertiary alicyclic amines) is 2. The van der Waals surface area contributed by atoms with E-state index in [-0.39, 0.29) is 66.0 Å². The van der Waals surface area contributed by atoms with Crippen LogP contribution in [-0.2, 0) is 35.8 Å². The van der Waals surface area contributed by atoms with Crippen molar-refractivity contribution in [2.24, 2.45) is 5.92 Å². The van der Waals surface area contributed by atoms with E-state index in [9.17, 15) is 32.8 Å². The lowest BCUT2D eigenvalue weighted by molar-refractivity contribution is -0.286. The number of ether oxygens (including phenoxy) is 3. The van der Waals surface area contributed by atoms with Crippen LogP contribution in [0.2, 0.25) is 0 Å². The molecule has 5 amide bonds. The summed E-state index contributed by atoms with van der Waals surface area (Å²) in [6, 6.07) is 18.8. The molecular weight excluding hydrogens is 843 g/mol. The summed E-state index contributed by atoms with van der Waals surface area (Å²) >= 11 is 0. The van der Waals surface area contributed by atoms with E-state index >= 15 is 0 Å². The van der Waals surface area contributed by atoms with E-state index in [4.69, 9.17) is 14.1 Å². The van der Waals surface area contributed by atoms with Gasteiger partial charge in [0.2, 0.25) is 29.5 Å². The standard InChI is InChI=1S/C48H50F2N6O9/c1-3-40(57)55-23-24-56(42(59)28-55)43-14-10-35(63-43)9-13-41(58)54-22-17-36(27-54)62-29-31-15-20-53(21-16-31)45(60)33-6-4-5-32(25-33)44-30(2)7-12-39(51-44)52-46(61)47(18-19-47)34-8-11-37-38(26-34)65-48(49,50)64-37/h3-8,10-12,14,25-26,31,36H,1,9,13,15-24,27-29H2,2H3,(H,51,52,61). The van der Waals surface area contributed by atoms with Gasteiger partial charge in [0.25, 0.3) is 5.91 Å². The highest BCUT2D eigenvalue weighted by Gasteiger charge is 2.53. The maximum Gasteiger partial charge on any atom is 0.586 e. The Morgan fingerprint density at radius 1 is 0.908 bits per heavy atom. The van der Waals surface area contributed by atoms with Crippen molar-refractivity contribution in [3.05, 3.63) is 102 Å². The first-order valence-electron chi connectivity index (χ1n) is 22.1. The van der Waals surface area contributed by atoms with Gasteiger partial charge in [-0.2, -0.15) is 0 Å². The van der Waals surface area contributed by atoms with Crippen LogP contribution in [0.4, 0.5) is 20.5 Å². The van der Waals surface area contributed by atoms with E-state index in [1.54, 1.807) is 30.3 Å². The van der Waals surface area contributed by atoms with Gasteiger partial charge in [-0.25, -0.2) is 4.98 Å². The molecule has 0 bridgehead atoms. The quantitative estimate of drug-likeness (QED) is 0.155. The molecule has 340 valence electrons. The lowest BCUT2D eigenvalue weighted by Crippen LogP contribution is -2.52. The molecule has 9 rings (SSSR count). The highest BCUT2D eigenvalue weighted by atomic mass is 19.3. The summed E-state index contributed by atoms with van der Waals surface area (Å²) in [7, 11) is 0. The lowest BCUT2D eigenvalue weighted by atomic mass is 9.94. The van der Waals surface area contributed by atoms with Crippen molar-refractivity contribution in [2.45, 2.75) is 69.7 Å². The van der Waals surface area contributed by atoms with Crippen LogP contribution in [0.3, 0.4) is 0 Å². The maximum absolute atomic E-state index is 13.8. The van der Waals surface area contributed by atoms with Crippen molar-refractivity contribution in [2.75, 3.05) is 62.6 Å². The summed E-state index contributed by atoms with van der Waals surface area (Å²) in [4.78, 5) is 76.4. The zero-order valence-electron chi connectivity index (χ0n) is 36.1. The fourth-order valence-electron chi connectivity index (χ4n) is 9.05. The molecule has 2 aromatic heterocycles. The number of hydrogen-bond acceptors (Lipinski definition) is 10. The van der Waals surface area contributed by atoms with Crippen LogP contribution in [0.25, 0.3) is 11.3 Å². The molecule has 65 heavy (non-hydrogen) atoms. The first kappa shape index (κ1) is 43.6. The minimum atomic E-state index is -3.75. The van der Waals surface area contributed by atoms with Gasteiger partial charge < -0.3 is 38.6 Å². The molecule has 0 radical (unpaired) electrons. The highest BCUT2D eigenvalue weighted by Crippen LogP contribution is 2.52. The molecule has 4 aliphatic heterocycles. The number of anilines is 2. The summed E-state index contributed by atoms with van der Waals surface area (Å²) < 4.78 is 48.6. The SMILES string of the molecule is C=CC(=O)N1CCN(c2ccc(CCC(=O)N3CCC(OCC4CCN(C(=O)c5cccc(-c6nc(NC(=O)C7(c8ccc9c(c8)OC(F)(F)O9)CC7)ccc6C)c5)CC4)C3)o2)C(=O)C1. The second kappa shape index (κ2) is 17.7. The van der Waals surface area contributed by atoms with Gasteiger partial charge in [-0.15, -0.1) is 8.78 Å². The van der Waals surface area contributed by atoms with E-state index in [1.165, 1.54) is 28.0 Å². The van der Waals surface area contributed by atoms with Gasteiger partial charge in [0, 0.05) is 75.9 Å². The molecule has 15 nitrogen and oxygen atoms in total. The lowest BCUT2D eigenvalue weighted by Gasteiger charge is -2.32. The number of fused-ring (bicyclic) bond motifs is 1. The van der Waals surface area contributed by atoms with Crippen LogP contribution < -0.4 is 19.7 Å². The third-order valence-electron chi connectivity index (χ3n) is 13.0.